The fourth-order valence-electron chi connectivity index (χ4n) is 6.93. The molecule has 1 nitrogen and oxygen atoms in total. The summed E-state index contributed by atoms with van der Waals surface area (Å²) in [6, 6.07) is 24.2. The molecule has 2 bridgehead atoms. The van der Waals surface area contributed by atoms with Gasteiger partial charge in [-0.25, -0.2) is 0 Å². The monoisotopic (exact) mass is 413 g/mol. The Hall–Kier alpha value is -2.25. The highest BCUT2D eigenvalue weighted by Gasteiger charge is 2.52. The average Bonchev–Trinajstić information content (AvgIpc) is 3.03. The number of hydrogen-bond donors (Lipinski definition) is 1. The molecular weight excluding hydrogens is 386 g/mol. The summed E-state index contributed by atoms with van der Waals surface area (Å²) in [5.74, 6) is 2.51. The van der Waals surface area contributed by atoms with Gasteiger partial charge < -0.3 is 5.32 Å². The van der Waals surface area contributed by atoms with Gasteiger partial charge in [0.1, 0.15) is 0 Å². The minimum atomic E-state index is 0.176. The van der Waals surface area contributed by atoms with Crippen molar-refractivity contribution >= 4 is 23.0 Å². The zero-order chi connectivity index (χ0) is 20.3. The largest absolute Gasteiger partial charge is 0.354 e. The maximum absolute atomic E-state index is 6.43. The van der Waals surface area contributed by atoms with Crippen LogP contribution < -0.4 is 5.32 Å². The number of halogens is 1. The summed E-state index contributed by atoms with van der Waals surface area (Å²) in [6.07, 6.45) is 6.81. The Kier molecular flexibility index (Phi) is 4.25. The van der Waals surface area contributed by atoms with E-state index in [0.29, 0.717) is 0 Å². The molecule has 152 valence electrons. The molecule has 1 N–H and O–H groups in total. The van der Waals surface area contributed by atoms with Gasteiger partial charge in [0.05, 0.1) is 10.7 Å². The van der Waals surface area contributed by atoms with Crippen LogP contribution in [0.2, 0.25) is 5.02 Å². The Morgan fingerprint density at radius 1 is 0.867 bits per heavy atom. The first-order valence-corrected chi connectivity index (χ1v) is 11.8. The molecule has 2 saturated carbocycles. The first-order chi connectivity index (χ1) is 14.6. The van der Waals surface area contributed by atoms with Gasteiger partial charge in [-0.15, -0.1) is 0 Å². The first kappa shape index (κ1) is 18.5. The third-order valence-electron chi connectivity index (χ3n) is 8.04. The third-order valence-corrected chi connectivity index (χ3v) is 8.36. The number of para-hydroxylation sites is 1. The highest BCUT2D eigenvalue weighted by Crippen LogP contribution is 2.62. The Balaban J connectivity index is 1.49. The van der Waals surface area contributed by atoms with Gasteiger partial charge in [0, 0.05) is 11.1 Å². The van der Waals surface area contributed by atoms with Crippen LogP contribution in [0, 0.1) is 17.8 Å². The second-order valence-electron chi connectivity index (χ2n) is 9.80. The molecule has 0 aliphatic heterocycles. The Morgan fingerprint density at radius 2 is 1.67 bits per heavy atom. The first-order valence-electron chi connectivity index (χ1n) is 11.4. The van der Waals surface area contributed by atoms with E-state index in [-0.39, 0.29) is 5.41 Å². The molecular formula is C28H28ClN. The second-order valence-corrected chi connectivity index (χ2v) is 10.2. The predicted molar refractivity (Wildman–Crippen MR) is 127 cm³/mol. The average molecular weight is 414 g/mol. The van der Waals surface area contributed by atoms with Crippen molar-refractivity contribution in [1.29, 1.82) is 0 Å². The van der Waals surface area contributed by atoms with Crippen molar-refractivity contribution in [3.63, 3.8) is 0 Å². The lowest BCUT2D eigenvalue weighted by molar-refractivity contribution is 0.0856. The molecule has 4 atom stereocenters. The number of hydrogen-bond acceptors (Lipinski definition) is 1. The molecule has 6 rings (SSSR count). The molecule has 2 heteroatoms. The van der Waals surface area contributed by atoms with E-state index in [2.05, 4.69) is 54.7 Å². The van der Waals surface area contributed by atoms with E-state index in [1.165, 1.54) is 43.2 Å². The van der Waals surface area contributed by atoms with Crippen LogP contribution in [-0.2, 0) is 5.41 Å². The molecule has 0 aromatic heterocycles. The summed E-state index contributed by atoms with van der Waals surface area (Å²) in [6.45, 7) is 2.47. The third kappa shape index (κ3) is 2.68. The van der Waals surface area contributed by atoms with Crippen molar-refractivity contribution in [2.75, 3.05) is 5.32 Å². The van der Waals surface area contributed by atoms with E-state index in [1.807, 2.05) is 24.3 Å². The van der Waals surface area contributed by atoms with Crippen LogP contribution in [0.5, 0.6) is 0 Å². The summed E-state index contributed by atoms with van der Waals surface area (Å²) in [5.41, 5.74) is 8.29. The van der Waals surface area contributed by atoms with Gasteiger partial charge in [-0.05, 0) is 96.4 Å². The van der Waals surface area contributed by atoms with Crippen molar-refractivity contribution in [1.82, 2.24) is 0 Å². The molecule has 3 aliphatic rings. The molecule has 0 saturated heterocycles. The molecule has 1 spiro atoms. The van der Waals surface area contributed by atoms with Crippen LogP contribution in [0.25, 0.3) is 11.1 Å². The Bertz CT molecular complexity index is 1120. The van der Waals surface area contributed by atoms with Crippen molar-refractivity contribution in [3.05, 3.63) is 82.9 Å². The van der Waals surface area contributed by atoms with Crippen LogP contribution in [0.15, 0.2) is 66.7 Å². The minimum Gasteiger partial charge on any atom is -0.354 e. The van der Waals surface area contributed by atoms with Gasteiger partial charge in [-0.3, -0.25) is 0 Å². The SMILES string of the molecule is CC1CC2CCC3(c4ccccc4-c4ccc(Nc5ccccc5Cl)cc43)C(C1)C2. The standard InChI is InChI=1S/C28H28ClN/c1-18-14-19-12-13-28(20(15-18)16-19)24-7-3-2-6-22(24)23-11-10-21(17-25(23)28)30-27-9-5-4-8-26(27)29/h2-11,17-20,30H,12-16H2,1H3. The van der Waals surface area contributed by atoms with Gasteiger partial charge in [0.2, 0.25) is 0 Å². The summed E-state index contributed by atoms with van der Waals surface area (Å²) >= 11 is 6.43. The highest BCUT2D eigenvalue weighted by atomic mass is 35.5. The summed E-state index contributed by atoms with van der Waals surface area (Å²) in [7, 11) is 0. The Labute approximate surface area is 184 Å². The van der Waals surface area contributed by atoms with Gasteiger partial charge >= 0.3 is 0 Å². The van der Waals surface area contributed by atoms with Gasteiger partial charge in [-0.1, -0.05) is 61.0 Å². The number of anilines is 2. The van der Waals surface area contributed by atoms with Crippen LogP contribution in [0.4, 0.5) is 11.4 Å². The lowest BCUT2D eigenvalue weighted by atomic mass is 9.53. The highest BCUT2D eigenvalue weighted by molar-refractivity contribution is 6.33. The maximum Gasteiger partial charge on any atom is 0.0640 e. The van der Waals surface area contributed by atoms with Crippen LogP contribution in [-0.4, -0.2) is 0 Å². The molecule has 0 amide bonds. The van der Waals surface area contributed by atoms with E-state index in [0.717, 1.165) is 34.2 Å². The minimum absolute atomic E-state index is 0.176. The number of benzene rings is 3. The van der Waals surface area contributed by atoms with Crippen molar-refractivity contribution in [2.24, 2.45) is 17.8 Å². The molecule has 3 aromatic carbocycles. The normalized spacial score (nSPS) is 28.8. The molecule has 0 radical (unpaired) electrons. The lowest BCUT2D eigenvalue weighted by Gasteiger charge is -2.50. The number of rotatable bonds is 2. The molecule has 2 fully saturated rings. The van der Waals surface area contributed by atoms with Crippen LogP contribution in [0.1, 0.15) is 50.2 Å². The fourth-order valence-corrected chi connectivity index (χ4v) is 7.11. The van der Waals surface area contributed by atoms with E-state index in [1.54, 1.807) is 11.1 Å². The van der Waals surface area contributed by atoms with Crippen molar-refractivity contribution in [3.8, 4) is 11.1 Å². The zero-order valence-electron chi connectivity index (χ0n) is 17.5. The quantitative estimate of drug-likeness (QED) is 0.446. The predicted octanol–water partition coefficient (Wildman–Crippen LogP) is 8.20. The van der Waals surface area contributed by atoms with E-state index in [4.69, 9.17) is 11.6 Å². The molecule has 3 aromatic rings. The van der Waals surface area contributed by atoms with Gasteiger partial charge in [-0.2, -0.15) is 0 Å². The fraction of sp³-hybridized carbons (Fsp3) is 0.357. The summed E-state index contributed by atoms with van der Waals surface area (Å²) in [5, 5.41) is 4.34. The number of fused-ring (bicyclic) bond motifs is 8. The second kappa shape index (κ2) is 6.89. The van der Waals surface area contributed by atoms with Crippen molar-refractivity contribution in [2.45, 2.75) is 44.4 Å². The molecule has 3 aliphatic carbocycles. The van der Waals surface area contributed by atoms with E-state index < -0.39 is 0 Å². The van der Waals surface area contributed by atoms with Crippen molar-refractivity contribution < 1.29 is 0 Å². The van der Waals surface area contributed by atoms with Crippen LogP contribution >= 0.6 is 11.6 Å². The molecule has 4 unspecified atom stereocenters. The zero-order valence-corrected chi connectivity index (χ0v) is 18.3. The lowest BCUT2D eigenvalue weighted by Crippen LogP contribution is -2.44. The van der Waals surface area contributed by atoms with Gasteiger partial charge in [0.25, 0.3) is 0 Å². The van der Waals surface area contributed by atoms with E-state index >= 15 is 0 Å². The molecule has 30 heavy (non-hydrogen) atoms. The summed E-state index contributed by atoms with van der Waals surface area (Å²) in [4.78, 5) is 0. The van der Waals surface area contributed by atoms with Gasteiger partial charge in [0.15, 0.2) is 0 Å². The smallest absolute Gasteiger partial charge is 0.0640 e. The summed E-state index contributed by atoms with van der Waals surface area (Å²) < 4.78 is 0. The Morgan fingerprint density at radius 3 is 2.57 bits per heavy atom. The van der Waals surface area contributed by atoms with E-state index in [9.17, 15) is 0 Å². The molecule has 0 heterocycles. The van der Waals surface area contributed by atoms with Crippen LogP contribution in [0.3, 0.4) is 0 Å². The topological polar surface area (TPSA) is 12.0 Å². The maximum atomic E-state index is 6.43. The number of nitrogens with one attached hydrogen (secondary N) is 1.